The summed E-state index contributed by atoms with van der Waals surface area (Å²) >= 11 is 11.9. The first-order chi connectivity index (χ1) is 13.3. The Labute approximate surface area is 170 Å². The van der Waals surface area contributed by atoms with Gasteiger partial charge in [0.1, 0.15) is 6.04 Å². The van der Waals surface area contributed by atoms with Gasteiger partial charge in [-0.25, -0.2) is 0 Å². The van der Waals surface area contributed by atoms with Gasteiger partial charge in [0.2, 0.25) is 5.91 Å². The normalized spacial score (nSPS) is 12.0. The number of nitrogens with zero attached hydrogens (tertiary/aromatic N) is 1. The Bertz CT molecular complexity index is 1140. The Morgan fingerprint density at radius 2 is 1.86 bits per heavy atom. The van der Waals surface area contributed by atoms with E-state index in [2.05, 4.69) is 5.32 Å². The molecule has 144 valence electrons. The molecule has 3 N–H and O–H groups in total. The molecule has 2 aromatic carbocycles. The largest absolute Gasteiger partial charge is 0.368 e. The molecule has 0 saturated heterocycles. The first-order valence-corrected chi connectivity index (χ1v) is 9.20. The lowest BCUT2D eigenvalue weighted by molar-refractivity contribution is -0.120. The van der Waals surface area contributed by atoms with Gasteiger partial charge in [-0.2, -0.15) is 0 Å². The van der Waals surface area contributed by atoms with Crippen molar-refractivity contribution in [3.05, 3.63) is 80.2 Å². The van der Waals surface area contributed by atoms with E-state index in [-0.39, 0.29) is 18.0 Å². The van der Waals surface area contributed by atoms with Gasteiger partial charge in [-0.15, -0.1) is 0 Å². The van der Waals surface area contributed by atoms with Crippen LogP contribution in [0.5, 0.6) is 0 Å². The lowest BCUT2D eigenvalue weighted by atomic mass is 10.0. The van der Waals surface area contributed by atoms with E-state index in [1.165, 1.54) is 10.8 Å². The van der Waals surface area contributed by atoms with Crippen molar-refractivity contribution < 1.29 is 9.59 Å². The number of rotatable bonds is 5. The number of nitrogens with two attached hydrogens (primary N) is 1. The first kappa shape index (κ1) is 19.9. The van der Waals surface area contributed by atoms with Gasteiger partial charge in [0.05, 0.1) is 10.0 Å². The smallest absolute Gasteiger partial charge is 0.259 e. The second kappa shape index (κ2) is 8.04. The number of pyridine rings is 1. The number of carbonyl (C=O) groups excluding carboxylic acids is 2. The van der Waals surface area contributed by atoms with E-state index in [4.69, 9.17) is 28.9 Å². The van der Waals surface area contributed by atoms with Crippen molar-refractivity contribution in [1.29, 1.82) is 0 Å². The molecule has 0 aliphatic heterocycles. The maximum atomic E-state index is 12.7. The Hall–Kier alpha value is -2.83. The summed E-state index contributed by atoms with van der Waals surface area (Å²) in [6, 6.07) is 10.8. The highest BCUT2D eigenvalue weighted by atomic mass is 35.5. The zero-order chi connectivity index (χ0) is 20.4. The summed E-state index contributed by atoms with van der Waals surface area (Å²) in [6.45, 7) is 1.80. The Morgan fingerprint density at radius 3 is 2.54 bits per heavy atom. The minimum Gasteiger partial charge on any atom is -0.368 e. The molecule has 0 radical (unpaired) electrons. The second-order valence-electron chi connectivity index (χ2n) is 6.30. The molecule has 3 rings (SSSR count). The third kappa shape index (κ3) is 3.88. The van der Waals surface area contributed by atoms with E-state index in [0.29, 0.717) is 26.4 Å². The van der Waals surface area contributed by atoms with Crippen LogP contribution < -0.4 is 16.6 Å². The topological polar surface area (TPSA) is 94.2 Å². The van der Waals surface area contributed by atoms with Crippen LogP contribution in [0, 0.1) is 0 Å². The van der Waals surface area contributed by atoms with Crippen LogP contribution in [0.15, 0.2) is 53.5 Å². The van der Waals surface area contributed by atoms with Crippen molar-refractivity contribution in [2.24, 2.45) is 5.73 Å². The molecule has 28 heavy (non-hydrogen) atoms. The van der Waals surface area contributed by atoms with Crippen molar-refractivity contribution in [3.63, 3.8) is 0 Å². The van der Waals surface area contributed by atoms with E-state index in [9.17, 15) is 14.4 Å². The van der Waals surface area contributed by atoms with Gasteiger partial charge < -0.3 is 15.6 Å². The zero-order valence-corrected chi connectivity index (χ0v) is 16.4. The molecule has 2 amide bonds. The summed E-state index contributed by atoms with van der Waals surface area (Å²) in [5.41, 5.74) is 6.05. The fourth-order valence-electron chi connectivity index (χ4n) is 2.86. The van der Waals surface area contributed by atoms with Crippen LogP contribution >= 0.6 is 23.2 Å². The Morgan fingerprint density at radius 1 is 1.11 bits per heavy atom. The van der Waals surface area contributed by atoms with Crippen LogP contribution in [0.2, 0.25) is 10.0 Å². The molecule has 0 spiro atoms. The van der Waals surface area contributed by atoms with Gasteiger partial charge in [0.25, 0.3) is 11.5 Å². The van der Waals surface area contributed by atoms with Gasteiger partial charge in [-0.3, -0.25) is 14.4 Å². The molecule has 0 unspecified atom stereocenters. The van der Waals surface area contributed by atoms with Gasteiger partial charge >= 0.3 is 0 Å². The molecule has 6 nitrogen and oxygen atoms in total. The fourth-order valence-corrected chi connectivity index (χ4v) is 3.18. The molecule has 1 atom stereocenters. The predicted molar refractivity (Wildman–Crippen MR) is 110 cm³/mol. The summed E-state index contributed by atoms with van der Waals surface area (Å²) < 4.78 is 1.25. The van der Waals surface area contributed by atoms with Gasteiger partial charge in [0.15, 0.2) is 0 Å². The number of nitrogens with one attached hydrogen (secondary N) is 1. The van der Waals surface area contributed by atoms with E-state index in [0.717, 1.165) is 5.56 Å². The molecule has 1 heterocycles. The molecule has 0 bridgehead atoms. The van der Waals surface area contributed by atoms with Crippen molar-refractivity contribution in [1.82, 2.24) is 9.88 Å². The number of carbonyl (C=O) groups is 2. The maximum Gasteiger partial charge on any atom is 0.259 e. The molecular formula is C20H17Cl2N3O3. The molecule has 1 aromatic heterocycles. The summed E-state index contributed by atoms with van der Waals surface area (Å²) in [6.07, 6.45) is 1.47. The molecule has 0 saturated carbocycles. The van der Waals surface area contributed by atoms with Crippen molar-refractivity contribution in [2.45, 2.75) is 19.5 Å². The molecular weight excluding hydrogens is 401 g/mol. The highest BCUT2D eigenvalue weighted by Gasteiger charge is 2.17. The van der Waals surface area contributed by atoms with Crippen LogP contribution in [0.1, 0.15) is 28.9 Å². The van der Waals surface area contributed by atoms with Crippen molar-refractivity contribution in [3.8, 4) is 0 Å². The minimum absolute atomic E-state index is 0.252. The minimum atomic E-state index is -0.788. The van der Waals surface area contributed by atoms with E-state index >= 15 is 0 Å². The average molecular weight is 418 g/mol. The molecule has 0 fully saturated rings. The Balaban J connectivity index is 1.91. The van der Waals surface area contributed by atoms with E-state index < -0.39 is 11.9 Å². The number of aromatic nitrogens is 1. The Kier molecular flexibility index (Phi) is 5.72. The van der Waals surface area contributed by atoms with Crippen LogP contribution in [-0.4, -0.2) is 16.4 Å². The summed E-state index contributed by atoms with van der Waals surface area (Å²) in [4.78, 5) is 36.8. The van der Waals surface area contributed by atoms with Crippen LogP contribution in [0.25, 0.3) is 10.8 Å². The number of primary amides is 1. The number of hydrogen-bond acceptors (Lipinski definition) is 3. The monoisotopic (exact) mass is 417 g/mol. The number of hydrogen-bond donors (Lipinski definition) is 2. The predicted octanol–water partition coefficient (Wildman–Crippen LogP) is 3.28. The molecule has 0 aliphatic carbocycles. The molecule has 0 aliphatic rings. The van der Waals surface area contributed by atoms with Crippen molar-refractivity contribution in [2.75, 3.05) is 0 Å². The quantitative estimate of drug-likeness (QED) is 0.666. The van der Waals surface area contributed by atoms with E-state index in [1.54, 1.807) is 49.4 Å². The van der Waals surface area contributed by atoms with Gasteiger partial charge in [0, 0.05) is 29.1 Å². The highest BCUT2D eigenvalue weighted by Crippen LogP contribution is 2.23. The van der Waals surface area contributed by atoms with Crippen LogP contribution in [0.3, 0.4) is 0 Å². The highest BCUT2D eigenvalue weighted by molar-refractivity contribution is 6.42. The number of halogens is 2. The SMILES string of the molecule is C[C@@H](C(N)=O)n1ccc2c(C(=O)NCc3ccc(Cl)c(Cl)c3)cccc2c1=O. The first-order valence-electron chi connectivity index (χ1n) is 8.45. The second-order valence-corrected chi connectivity index (χ2v) is 7.12. The van der Waals surface area contributed by atoms with E-state index in [1.807, 2.05) is 0 Å². The lowest BCUT2D eigenvalue weighted by Crippen LogP contribution is -2.32. The molecule has 3 aromatic rings. The van der Waals surface area contributed by atoms with Crippen LogP contribution in [-0.2, 0) is 11.3 Å². The zero-order valence-electron chi connectivity index (χ0n) is 14.9. The number of benzene rings is 2. The summed E-state index contributed by atoms with van der Waals surface area (Å²) in [7, 11) is 0. The van der Waals surface area contributed by atoms with Gasteiger partial charge in [-0.1, -0.05) is 35.3 Å². The summed E-state index contributed by atoms with van der Waals surface area (Å²) in [5.74, 6) is -0.950. The third-order valence-electron chi connectivity index (χ3n) is 4.48. The molecule has 8 heteroatoms. The fraction of sp³-hybridized carbons (Fsp3) is 0.150. The van der Waals surface area contributed by atoms with Gasteiger partial charge in [-0.05, 0) is 42.8 Å². The summed E-state index contributed by atoms with van der Waals surface area (Å²) in [5, 5.41) is 4.47. The average Bonchev–Trinajstić information content (AvgIpc) is 2.68. The lowest BCUT2D eigenvalue weighted by Gasteiger charge is -2.14. The standard InChI is InChI=1S/C20H17Cl2N3O3/c1-11(18(23)26)25-8-7-13-14(3-2-4-15(13)20(25)28)19(27)24-10-12-5-6-16(21)17(22)9-12/h2-9,11H,10H2,1H3,(H2,23,26)(H,24,27)/t11-/m0/s1. The number of amides is 2. The van der Waals surface area contributed by atoms with Crippen molar-refractivity contribution >= 4 is 45.8 Å². The number of fused-ring (bicyclic) bond motifs is 1. The third-order valence-corrected chi connectivity index (χ3v) is 5.22. The van der Waals surface area contributed by atoms with Crippen LogP contribution in [0.4, 0.5) is 0 Å². The maximum absolute atomic E-state index is 12.7.